The molecule has 1 N–H and O–H groups in total. The van der Waals surface area contributed by atoms with Gasteiger partial charge in [-0.3, -0.25) is 4.79 Å². The Morgan fingerprint density at radius 3 is 2.79 bits per heavy atom. The second-order valence-corrected chi connectivity index (χ2v) is 6.25. The van der Waals surface area contributed by atoms with Crippen molar-refractivity contribution in [1.82, 2.24) is 14.5 Å². The Kier molecular flexibility index (Phi) is 4.44. The summed E-state index contributed by atoms with van der Waals surface area (Å²) in [4.78, 5) is 29.1. The van der Waals surface area contributed by atoms with Gasteiger partial charge < -0.3 is 19.4 Å². The smallest absolute Gasteiger partial charge is 0.448 e. The molecule has 1 atom stereocenters. The monoisotopic (exact) mass is 331 g/mol. The van der Waals surface area contributed by atoms with Crippen LogP contribution in [0.15, 0.2) is 30.5 Å². The number of rotatable bonds is 4. The molecule has 1 unspecified atom stereocenters. The Labute approximate surface area is 140 Å². The molecule has 0 saturated carbocycles. The lowest BCUT2D eigenvalue weighted by atomic mass is 9.98. The SMILES string of the molecule is CN(C)C(=O)Cn1cc(C2CCN(OC(=O)O)C2)c2ccccc21. The predicted molar refractivity (Wildman–Crippen MR) is 88.7 cm³/mol. The van der Waals surface area contributed by atoms with Gasteiger partial charge in [0.2, 0.25) is 5.91 Å². The zero-order valence-electron chi connectivity index (χ0n) is 13.8. The maximum Gasteiger partial charge on any atom is 0.525 e. The van der Waals surface area contributed by atoms with Gasteiger partial charge in [-0.05, 0) is 18.1 Å². The number of hydrogen-bond donors (Lipinski definition) is 1. The summed E-state index contributed by atoms with van der Waals surface area (Å²) in [6, 6.07) is 7.98. The third-order valence-electron chi connectivity index (χ3n) is 4.42. The van der Waals surface area contributed by atoms with E-state index in [-0.39, 0.29) is 18.4 Å². The quantitative estimate of drug-likeness (QED) is 0.929. The van der Waals surface area contributed by atoms with E-state index in [4.69, 9.17) is 9.94 Å². The first kappa shape index (κ1) is 16.3. The molecule has 7 nitrogen and oxygen atoms in total. The maximum atomic E-state index is 12.1. The molecule has 0 radical (unpaired) electrons. The topological polar surface area (TPSA) is 75.0 Å². The molecule has 3 rings (SSSR count). The highest BCUT2D eigenvalue weighted by Gasteiger charge is 2.29. The van der Waals surface area contributed by atoms with E-state index >= 15 is 0 Å². The molecule has 24 heavy (non-hydrogen) atoms. The van der Waals surface area contributed by atoms with Gasteiger partial charge in [0.25, 0.3) is 0 Å². The molecule has 2 aromatic rings. The number of benzene rings is 1. The maximum absolute atomic E-state index is 12.1. The Bertz CT molecular complexity index is 768. The van der Waals surface area contributed by atoms with Crippen molar-refractivity contribution in [1.29, 1.82) is 0 Å². The second kappa shape index (κ2) is 6.52. The van der Waals surface area contributed by atoms with Crippen LogP contribution in [-0.2, 0) is 16.2 Å². The number of hydroxylamine groups is 2. The largest absolute Gasteiger partial charge is 0.525 e. The number of hydrogen-bond acceptors (Lipinski definition) is 4. The molecule has 2 heterocycles. The van der Waals surface area contributed by atoms with Crippen LogP contribution in [0.1, 0.15) is 17.9 Å². The van der Waals surface area contributed by atoms with Crippen molar-refractivity contribution in [2.75, 3.05) is 27.2 Å². The molecule has 7 heteroatoms. The number of carbonyl (C=O) groups is 2. The number of carbonyl (C=O) groups excluding carboxylic acids is 1. The van der Waals surface area contributed by atoms with Gasteiger partial charge in [-0.1, -0.05) is 18.2 Å². The van der Waals surface area contributed by atoms with Crippen LogP contribution < -0.4 is 0 Å². The molecule has 1 aliphatic rings. The van der Waals surface area contributed by atoms with Gasteiger partial charge in [0, 0.05) is 50.2 Å². The summed E-state index contributed by atoms with van der Waals surface area (Å²) < 4.78 is 1.97. The fraction of sp³-hybridized carbons (Fsp3) is 0.412. The average molecular weight is 331 g/mol. The van der Waals surface area contributed by atoms with E-state index in [1.165, 1.54) is 5.06 Å². The van der Waals surface area contributed by atoms with Gasteiger partial charge in [0.15, 0.2) is 0 Å². The first-order valence-electron chi connectivity index (χ1n) is 7.89. The fourth-order valence-electron chi connectivity index (χ4n) is 3.19. The van der Waals surface area contributed by atoms with Gasteiger partial charge in [-0.25, -0.2) is 4.79 Å². The van der Waals surface area contributed by atoms with Gasteiger partial charge in [0.1, 0.15) is 6.54 Å². The third kappa shape index (κ3) is 3.21. The summed E-state index contributed by atoms with van der Waals surface area (Å²) in [6.45, 7) is 1.39. The van der Waals surface area contributed by atoms with E-state index in [1.807, 2.05) is 35.0 Å². The van der Waals surface area contributed by atoms with Gasteiger partial charge in [-0.15, -0.1) is 5.06 Å². The molecule has 1 aliphatic heterocycles. The lowest BCUT2D eigenvalue weighted by Gasteiger charge is -2.13. The number of para-hydroxylation sites is 1. The summed E-state index contributed by atoms with van der Waals surface area (Å²) in [5.41, 5.74) is 2.15. The number of fused-ring (bicyclic) bond motifs is 1. The van der Waals surface area contributed by atoms with Gasteiger partial charge >= 0.3 is 6.16 Å². The minimum Gasteiger partial charge on any atom is -0.448 e. The van der Waals surface area contributed by atoms with Crippen molar-refractivity contribution in [3.63, 3.8) is 0 Å². The van der Waals surface area contributed by atoms with E-state index in [0.29, 0.717) is 13.1 Å². The highest BCUT2D eigenvalue weighted by atomic mass is 16.8. The van der Waals surface area contributed by atoms with E-state index in [2.05, 4.69) is 0 Å². The first-order chi connectivity index (χ1) is 11.5. The van der Waals surface area contributed by atoms with Crippen molar-refractivity contribution in [2.45, 2.75) is 18.9 Å². The molecule has 1 aromatic carbocycles. The highest BCUT2D eigenvalue weighted by Crippen LogP contribution is 2.34. The minimum atomic E-state index is -1.28. The van der Waals surface area contributed by atoms with Crippen LogP contribution >= 0.6 is 0 Å². The summed E-state index contributed by atoms with van der Waals surface area (Å²) in [5, 5.41) is 11.3. The molecule has 1 fully saturated rings. The van der Waals surface area contributed by atoms with E-state index in [0.717, 1.165) is 22.9 Å². The van der Waals surface area contributed by atoms with Crippen LogP contribution in [-0.4, -0.2) is 58.9 Å². The molecule has 0 bridgehead atoms. The average Bonchev–Trinajstić information content (AvgIpc) is 3.12. The van der Waals surface area contributed by atoms with Crippen molar-refractivity contribution < 1.29 is 19.5 Å². The zero-order valence-corrected chi connectivity index (χ0v) is 13.8. The van der Waals surface area contributed by atoms with Crippen molar-refractivity contribution in [3.8, 4) is 0 Å². The minimum absolute atomic E-state index is 0.0320. The van der Waals surface area contributed by atoms with E-state index < -0.39 is 6.16 Å². The summed E-state index contributed by atoms with van der Waals surface area (Å²) in [6.07, 6.45) is 1.55. The molecule has 0 spiro atoms. The Morgan fingerprint density at radius 1 is 1.33 bits per heavy atom. The van der Waals surface area contributed by atoms with E-state index in [1.54, 1.807) is 19.0 Å². The lowest BCUT2D eigenvalue weighted by molar-refractivity contribution is -0.129. The molecule has 128 valence electrons. The highest BCUT2D eigenvalue weighted by molar-refractivity contribution is 5.86. The summed E-state index contributed by atoms with van der Waals surface area (Å²) in [7, 11) is 3.49. The number of nitrogens with zero attached hydrogens (tertiary/aromatic N) is 3. The fourth-order valence-corrected chi connectivity index (χ4v) is 3.19. The normalized spacial score (nSPS) is 18.0. The van der Waals surface area contributed by atoms with Crippen molar-refractivity contribution in [3.05, 3.63) is 36.0 Å². The van der Waals surface area contributed by atoms with Crippen LogP contribution in [0, 0.1) is 0 Å². The van der Waals surface area contributed by atoms with Crippen molar-refractivity contribution in [2.24, 2.45) is 0 Å². The van der Waals surface area contributed by atoms with Crippen LogP contribution in [0.4, 0.5) is 4.79 Å². The Balaban J connectivity index is 1.89. The van der Waals surface area contributed by atoms with Crippen molar-refractivity contribution >= 4 is 23.0 Å². The molecular weight excluding hydrogens is 310 g/mol. The summed E-state index contributed by atoms with van der Waals surface area (Å²) >= 11 is 0. The standard InChI is InChI=1S/C17H21N3O4/c1-18(2)16(21)11-19-10-14(13-5-3-4-6-15(13)19)12-7-8-20(9-12)24-17(22)23/h3-6,10,12H,7-9,11H2,1-2H3,(H,22,23). The van der Waals surface area contributed by atoms with Gasteiger partial charge in [-0.2, -0.15) is 0 Å². The molecule has 0 aliphatic carbocycles. The lowest BCUT2D eigenvalue weighted by Crippen LogP contribution is -2.26. The third-order valence-corrected chi connectivity index (χ3v) is 4.42. The van der Waals surface area contributed by atoms with Crippen LogP contribution in [0.3, 0.4) is 0 Å². The number of amides is 1. The number of carboxylic acid groups (broad SMARTS) is 1. The molecular formula is C17H21N3O4. The van der Waals surface area contributed by atoms with Gasteiger partial charge in [0.05, 0.1) is 0 Å². The first-order valence-corrected chi connectivity index (χ1v) is 7.89. The number of likely N-dealkylation sites (N-methyl/N-ethyl adjacent to an activating group) is 1. The summed E-state index contributed by atoms with van der Waals surface area (Å²) in [5.74, 6) is 0.217. The Hall–Kier alpha value is -2.54. The van der Waals surface area contributed by atoms with Crippen LogP contribution in [0.5, 0.6) is 0 Å². The predicted octanol–water partition coefficient (Wildman–Crippen LogP) is 2.13. The molecule has 1 saturated heterocycles. The van der Waals surface area contributed by atoms with Crippen LogP contribution in [0.2, 0.25) is 0 Å². The van der Waals surface area contributed by atoms with E-state index in [9.17, 15) is 9.59 Å². The molecule has 1 amide bonds. The second-order valence-electron chi connectivity index (χ2n) is 6.25. The molecule has 1 aromatic heterocycles. The Morgan fingerprint density at radius 2 is 2.08 bits per heavy atom. The van der Waals surface area contributed by atoms with Crippen LogP contribution in [0.25, 0.3) is 10.9 Å². The number of aromatic nitrogens is 1. The zero-order chi connectivity index (χ0) is 17.3.